The van der Waals surface area contributed by atoms with E-state index in [1.165, 1.54) is 0 Å². The van der Waals surface area contributed by atoms with Crippen molar-refractivity contribution in [1.82, 2.24) is 10.2 Å². The maximum absolute atomic E-state index is 11.6. The average Bonchev–Trinajstić information content (AvgIpc) is 2.51. The summed E-state index contributed by atoms with van der Waals surface area (Å²) in [5.74, 6) is 1.00. The van der Waals surface area contributed by atoms with Gasteiger partial charge in [-0.05, 0) is 43.2 Å². The number of rotatable bonds is 6. The van der Waals surface area contributed by atoms with E-state index in [0.717, 1.165) is 24.1 Å². The van der Waals surface area contributed by atoms with Crippen molar-refractivity contribution in [2.75, 3.05) is 10.6 Å². The van der Waals surface area contributed by atoms with E-state index in [-0.39, 0.29) is 5.91 Å². The summed E-state index contributed by atoms with van der Waals surface area (Å²) in [6.45, 7) is 3.99. The summed E-state index contributed by atoms with van der Waals surface area (Å²) < 4.78 is 0. The number of aromatic nitrogens is 2. The van der Waals surface area contributed by atoms with Gasteiger partial charge >= 0.3 is 0 Å². The Bertz CT molecular complexity index is 643. The molecule has 0 spiro atoms. The Morgan fingerprint density at radius 2 is 1.91 bits per heavy atom. The third-order valence-electron chi connectivity index (χ3n) is 3.13. The molecule has 5 nitrogen and oxygen atoms in total. The first-order valence-corrected chi connectivity index (χ1v) is 7.63. The van der Waals surface area contributed by atoms with Gasteiger partial charge in [-0.3, -0.25) is 4.79 Å². The zero-order valence-electron chi connectivity index (χ0n) is 12.7. The topological polar surface area (TPSA) is 66.9 Å². The van der Waals surface area contributed by atoms with Gasteiger partial charge < -0.3 is 10.6 Å². The maximum atomic E-state index is 11.6. The van der Waals surface area contributed by atoms with E-state index in [0.29, 0.717) is 23.1 Å². The predicted molar refractivity (Wildman–Crippen MR) is 89.7 cm³/mol. The fourth-order valence-electron chi connectivity index (χ4n) is 1.83. The number of hydrogen-bond donors (Lipinski definition) is 2. The molecule has 0 radical (unpaired) electrons. The van der Waals surface area contributed by atoms with Crippen LogP contribution in [0.1, 0.15) is 31.7 Å². The van der Waals surface area contributed by atoms with E-state index >= 15 is 0 Å². The first-order chi connectivity index (χ1) is 10.6. The Morgan fingerprint density at radius 3 is 2.55 bits per heavy atom. The van der Waals surface area contributed by atoms with Crippen molar-refractivity contribution >= 4 is 34.8 Å². The van der Waals surface area contributed by atoms with Crippen molar-refractivity contribution in [2.45, 2.75) is 33.1 Å². The Morgan fingerprint density at radius 1 is 1.18 bits per heavy atom. The molecule has 22 heavy (non-hydrogen) atoms. The second-order valence-electron chi connectivity index (χ2n) is 5.04. The van der Waals surface area contributed by atoms with E-state index in [9.17, 15) is 4.79 Å². The van der Waals surface area contributed by atoms with Crippen LogP contribution < -0.4 is 10.6 Å². The number of unbranched alkanes of at least 4 members (excludes halogenated alkanes) is 1. The molecule has 116 valence electrons. The number of anilines is 3. The van der Waals surface area contributed by atoms with E-state index in [2.05, 4.69) is 20.8 Å². The summed E-state index contributed by atoms with van der Waals surface area (Å²) >= 11 is 6.08. The minimum atomic E-state index is -0.0397. The van der Waals surface area contributed by atoms with Gasteiger partial charge in [0.05, 0.1) is 0 Å². The van der Waals surface area contributed by atoms with Crippen molar-refractivity contribution in [3.63, 3.8) is 0 Å². The molecule has 0 aliphatic heterocycles. The highest BCUT2D eigenvalue weighted by Gasteiger charge is 2.04. The van der Waals surface area contributed by atoms with E-state index < -0.39 is 0 Å². The van der Waals surface area contributed by atoms with Gasteiger partial charge in [0.15, 0.2) is 11.6 Å². The molecule has 1 amide bonds. The highest BCUT2D eigenvalue weighted by atomic mass is 35.5. The number of nitrogens with zero attached hydrogens (tertiary/aromatic N) is 2. The second kappa shape index (κ2) is 7.75. The number of amides is 1. The van der Waals surface area contributed by atoms with Crippen LogP contribution in [0.2, 0.25) is 5.02 Å². The molecule has 0 fully saturated rings. The summed E-state index contributed by atoms with van der Waals surface area (Å²) in [4.78, 5) is 11.6. The predicted octanol–water partition coefficient (Wildman–Crippen LogP) is 4.31. The highest BCUT2D eigenvalue weighted by molar-refractivity contribution is 6.31. The minimum Gasteiger partial charge on any atom is -0.339 e. The SMILES string of the molecule is CCCCC(=O)Nc1ccc(Nc2ccc(C)c(Cl)c2)nn1. The third-order valence-corrected chi connectivity index (χ3v) is 3.54. The van der Waals surface area contributed by atoms with Crippen LogP contribution in [0, 0.1) is 6.92 Å². The molecule has 2 aromatic rings. The highest BCUT2D eigenvalue weighted by Crippen LogP contribution is 2.22. The molecule has 0 saturated heterocycles. The largest absolute Gasteiger partial charge is 0.339 e. The lowest BCUT2D eigenvalue weighted by Crippen LogP contribution is -2.12. The van der Waals surface area contributed by atoms with Crippen LogP contribution in [-0.2, 0) is 4.79 Å². The number of benzene rings is 1. The summed E-state index contributed by atoms with van der Waals surface area (Å²) in [7, 11) is 0. The fourth-order valence-corrected chi connectivity index (χ4v) is 2.01. The monoisotopic (exact) mass is 318 g/mol. The first kappa shape index (κ1) is 16.2. The molecular weight excluding hydrogens is 300 g/mol. The summed E-state index contributed by atoms with van der Waals surface area (Å²) in [5, 5.41) is 14.6. The number of nitrogens with one attached hydrogen (secondary N) is 2. The fraction of sp³-hybridized carbons (Fsp3) is 0.312. The molecule has 1 heterocycles. The first-order valence-electron chi connectivity index (χ1n) is 7.25. The molecule has 1 aromatic heterocycles. The zero-order valence-corrected chi connectivity index (χ0v) is 13.4. The summed E-state index contributed by atoms with van der Waals surface area (Å²) in [6, 6.07) is 9.16. The molecule has 2 N–H and O–H groups in total. The second-order valence-corrected chi connectivity index (χ2v) is 5.45. The Balaban J connectivity index is 1.96. The standard InChI is InChI=1S/C16H19ClN4O/c1-3-4-5-16(22)19-15-9-8-14(20-21-15)18-12-7-6-11(2)13(17)10-12/h6-10H,3-5H2,1-2H3,(H,18,20)(H,19,21,22). The van der Waals surface area contributed by atoms with Crippen molar-refractivity contribution in [1.29, 1.82) is 0 Å². The third kappa shape index (κ3) is 4.70. The van der Waals surface area contributed by atoms with Crippen LogP contribution in [0.5, 0.6) is 0 Å². The Hall–Kier alpha value is -2.14. The van der Waals surface area contributed by atoms with Crippen LogP contribution in [-0.4, -0.2) is 16.1 Å². The molecule has 0 atom stereocenters. The van der Waals surface area contributed by atoms with Gasteiger partial charge in [-0.2, -0.15) is 0 Å². The summed E-state index contributed by atoms with van der Waals surface area (Å²) in [5.41, 5.74) is 1.85. The van der Waals surface area contributed by atoms with Gasteiger partial charge in [-0.1, -0.05) is 31.0 Å². The average molecular weight is 319 g/mol. The zero-order chi connectivity index (χ0) is 15.9. The van der Waals surface area contributed by atoms with Crippen LogP contribution >= 0.6 is 11.6 Å². The molecule has 1 aromatic carbocycles. The van der Waals surface area contributed by atoms with E-state index in [1.54, 1.807) is 12.1 Å². The van der Waals surface area contributed by atoms with Gasteiger partial charge in [0.2, 0.25) is 5.91 Å². The molecule has 0 bridgehead atoms. The van der Waals surface area contributed by atoms with Crippen molar-refractivity contribution in [2.24, 2.45) is 0 Å². The lowest BCUT2D eigenvalue weighted by atomic mass is 10.2. The van der Waals surface area contributed by atoms with E-state index in [1.807, 2.05) is 32.0 Å². The van der Waals surface area contributed by atoms with Crippen LogP contribution in [0.4, 0.5) is 17.3 Å². The minimum absolute atomic E-state index is 0.0397. The molecular formula is C16H19ClN4O. The van der Waals surface area contributed by atoms with Gasteiger partial charge in [0.25, 0.3) is 0 Å². The molecule has 0 unspecified atom stereocenters. The number of aryl methyl sites for hydroxylation is 1. The molecule has 2 rings (SSSR count). The smallest absolute Gasteiger partial charge is 0.225 e. The lowest BCUT2D eigenvalue weighted by molar-refractivity contribution is -0.116. The molecule has 0 saturated carbocycles. The normalized spacial score (nSPS) is 10.3. The molecule has 6 heteroatoms. The number of carbonyl (C=O) groups is 1. The van der Waals surface area contributed by atoms with Crippen LogP contribution in [0.3, 0.4) is 0 Å². The number of halogens is 1. The van der Waals surface area contributed by atoms with Crippen LogP contribution in [0.25, 0.3) is 0 Å². The van der Waals surface area contributed by atoms with Crippen molar-refractivity contribution in [3.05, 3.63) is 40.9 Å². The van der Waals surface area contributed by atoms with Crippen molar-refractivity contribution in [3.8, 4) is 0 Å². The van der Waals surface area contributed by atoms with Gasteiger partial charge in [-0.25, -0.2) is 0 Å². The van der Waals surface area contributed by atoms with E-state index in [4.69, 9.17) is 11.6 Å². The number of hydrogen-bond acceptors (Lipinski definition) is 4. The van der Waals surface area contributed by atoms with Gasteiger partial charge in [0.1, 0.15) is 0 Å². The number of carbonyl (C=O) groups excluding carboxylic acids is 1. The molecule has 0 aliphatic carbocycles. The summed E-state index contributed by atoms with van der Waals surface area (Å²) in [6.07, 6.45) is 2.36. The maximum Gasteiger partial charge on any atom is 0.225 e. The lowest BCUT2D eigenvalue weighted by Gasteiger charge is -2.08. The Kier molecular flexibility index (Phi) is 5.72. The quantitative estimate of drug-likeness (QED) is 0.832. The van der Waals surface area contributed by atoms with Crippen LogP contribution in [0.15, 0.2) is 30.3 Å². The van der Waals surface area contributed by atoms with Gasteiger partial charge in [-0.15, -0.1) is 10.2 Å². The Labute approximate surface area is 135 Å². The molecule has 0 aliphatic rings. The van der Waals surface area contributed by atoms with Gasteiger partial charge in [0, 0.05) is 17.1 Å². The van der Waals surface area contributed by atoms with Crippen molar-refractivity contribution < 1.29 is 4.79 Å².